The first-order chi connectivity index (χ1) is 12.4. The van der Waals surface area contributed by atoms with E-state index in [0.717, 1.165) is 5.69 Å². The second-order valence-electron chi connectivity index (χ2n) is 6.40. The lowest BCUT2D eigenvalue weighted by Crippen LogP contribution is -2.54. The fraction of sp³-hybridized carbons (Fsp3) is 0.500. The summed E-state index contributed by atoms with van der Waals surface area (Å²) in [5.74, 6) is -1.01. The largest absolute Gasteiger partial charge is 0.467 e. The molecule has 0 radical (unpaired) electrons. The van der Waals surface area contributed by atoms with Crippen LogP contribution < -0.4 is 10.2 Å². The van der Waals surface area contributed by atoms with Gasteiger partial charge in [-0.2, -0.15) is 0 Å². The smallest absolute Gasteiger partial charge is 0.407 e. The lowest BCUT2D eigenvalue weighted by molar-refractivity contribution is -0.151. The third-order valence-corrected chi connectivity index (χ3v) is 4.36. The Kier molecular flexibility index (Phi) is 6.43. The predicted octanol–water partition coefficient (Wildman–Crippen LogP) is 1.21. The van der Waals surface area contributed by atoms with Gasteiger partial charge in [-0.3, -0.25) is 4.79 Å². The molecule has 1 N–H and O–H groups in total. The first-order valence-corrected chi connectivity index (χ1v) is 8.41. The average molecular weight is 363 g/mol. The van der Waals surface area contributed by atoms with Crippen molar-refractivity contribution in [3.05, 3.63) is 30.3 Å². The van der Waals surface area contributed by atoms with Gasteiger partial charge in [0.1, 0.15) is 12.1 Å². The SMILES string of the molecule is COC(=O)NC(C(=O)N1CN(c2ccccc2)CC1C(=O)OC)C(C)C. The van der Waals surface area contributed by atoms with Crippen LogP contribution in [-0.2, 0) is 19.1 Å². The zero-order valence-electron chi connectivity index (χ0n) is 15.5. The molecule has 1 aliphatic rings. The zero-order valence-corrected chi connectivity index (χ0v) is 15.5. The lowest BCUT2D eigenvalue weighted by Gasteiger charge is -2.29. The number of ether oxygens (including phenoxy) is 2. The maximum absolute atomic E-state index is 13.1. The molecule has 2 amide bonds. The molecule has 1 aromatic rings. The van der Waals surface area contributed by atoms with Crippen LogP contribution in [0.5, 0.6) is 0 Å². The highest BCUT2D eigenvalue weighted by molar-refractivity contribution is 5.91. The van der Waals surface area contributed by atoms with Crippen molar-refractivity contribution in [3.63, 3.8) is 0 Å². The normalized spacial score (nSPS) is 17.8. The number of hydrogen-bond acceptors (Lipinski definition) is 6. The van der Waals surface area contributed by atoms with E-state index in [1.165, 1.54) is 19.1 Å². The molecule has 0 saturated carbocycles. The molecule has 0 aromatic heterocycles. The van der Waals surface area contributed by atoms with Crippen LogP contribution in [0.25, 0.3) is 0 Å². The molecule has 2 unspecified atom stereocenters. The number of para-hydroxylation sites is 1. The van der Waals surface area contributed by atoms with Gasteiger partial charge in [0.2, 0.25) is 5.91 Å². The van der Waals surface area contributed by atoms with Gasteiger partial charge in [-0.1, -0.05) is 32.0 Å². The van der Waals surface area contributed by atoms with Gasteiger partial charge < -0.3 is 24.6 Å². The number of carbonyl (C=O) groups is 3. The zero-order chi connectivity index (χ0) is 19.3. The van der Waals surface area contributed by atoms with Gasteiger partial charge in [0, 0.05) is 5.69 Å². The monoisotopic (exact) mass is 363 g/mol. The fourth-order valence-electron chi connectivity index (χ4n) is 2.91. The summed E-state index contributed by atoms with van der Waals surface area (Å²) in [6, 6.07) is 7.96. The lowest BCUT2D eigenvalue weighted by atomic mass is 10.0. The van der Waals surface area contributed by atoms with Crippen LogP contribution in [0, 0.1) is 5.92 Å². The second kappa shape index (κ2) is 8.55. The van der Waals surface area contributed by atoms with Crippen molar-refractivity contribution < 1.29 is 23.9 Å². The van der Waals surface area contributed by atoms with Gasteiger partial charge in [-0.15, -0.1) is 0 Å². The van der Waals surface area contributed by atoms with Crippen molar-refractivity contribution in [1.82, 2.24) is 10.2 Å². The van der Waals surface area contributed by atoms with Gasteiger partial charge in [0.15, 0.2) is 0 Å². The van der Waals surface area contributed by atoms with E-state index in [-0.39, 0.29) is 18.5 Å². The molecule has 8 nitrogen and oxygen atoms in total. The van der Waals surface area contributed by atoms with Crippen LogP contribution in [0.1, 0.15) is 13.8 Å². The highest BCUT2D eigenvalue weighted by atomic mass is 16.5. The minimum Gasteiger partial charge on any atom is -0.467 e. The molecule has 2 atom stereocenters. The Morgan fingerprint density at radius 3 is 2.31 bits per heavy atom. The van der Waals surface area contributed by atoms with Gasteiger partial charge in [-0.25, -0.2) is 9.59 Å². The number of alkyl carbamates (subject to hydrolysis) is 1. The molecular weight excluding hydrogens is 338 g/mol. The number of carbonyl (C=O) groups excluding carboxylic acids is 3. The summed E-state index contributed by atoms with van der Waals surface area (Å²) in [4.78, 5) is 40.3. The number of benzene rings is 1. The summed E-state index contributed by atoms with van der Waals surface area (Å²) in [7, 11) is 2.53. The number of rotatable bonds is 5. The van der Waals surface area contributed by atoms with Crippen molar-refractivity contribution in [2.24, 2.45) is 5.92 Å². The Balaban J connectivity index is 2.26. The highest BCUT2D eigenvalue weighted by Crippen LogP contribution is 2.24. The highest BCUT2D eigenvalue weighted by Gasteiger charge is 2.42. The van der Waals surface area contributed by atoms with Gasteiger partial charge in [0.05, 0.1) is 27.4 Å². The number of amides is 2. The van der Waals surface area contributed by atoms with Crippen molar-refractivity contribution in [2.75, 3.05) is 32.3 Å². The van der Waals surface area contributed by atoms with Gasteiger partial charge >= 0.3 is 12.1 Å². The van der Waals surface area contributed by atoms with Crippen molar-refractivity contribution in [3.8, 4) is 0 Å². The first kappa shape index (κ1) is 19.6. The molecule has 1 aromatic carbocycles. The fourth-order valence-corrected chi connectivity index (χ4v) is 2.91. The standard InChI is InChI=1S/C18H25N3O5/c1-12(2)15(19-18(24)26-4)16(22)21-11-20(10-14(21)17(23)25-3)13-8-6-5-7-9-13/h5-9,12,14-15H,10-11H2,1-4H3,(H,19,24). The molecule has 0 bridgehead atoms. The summed E-state index contributed by atoms with van der Waals surface area (Å²) >= 11 is 0. The molecular formula is C18H25N3O5. The van der Waals surface area contributed by atoms with E-state index in [0.29, 0.717) is 6.54 Å². The molecule has 1 aliphatic heterocycles. The Morgan fingerprint density at radius 2 is 1.77 bits per heavy atom. The van der Waals surface area contributed by atoms with E-state index in [1.807, 2.05) is 49.1 Å². The Hall–Kier alpha value is -2.77. The predicted molar refractivity (Wildman–Crippen MR) is 95.5 cm³/mol. The van der Waals surface area contributed by atoms with Gasteiger partial charge in [0.25, 0.3) is 0 Å². The number of hydrogen-bond donors (Lipinski definition) is 1. The third-order valence-electron chi connectivity index (χ3n) is 4.36. The first-order valence-electron chi connectivity index (χ1n) is 8.41. The summed E-state index contributed by atoms with van der Waals surface area (Å²) in [6.45, 7) is 4.19. The van der Waals surface area contributed by atoms with Crippen molar-refractivity contribution >= 4 is 23.7 Å². The summed E-state index contributed by atoms with van der Waals surface area (Å²) in [5, 5.41) is 2.55. The molecule has 142 valence electrons. The molecule has 0 spiro atoms. The number of esters is 1. The second-order valence-corrected chi connectivity index (χ2v) is 6.40. The molecule has 26 heavy (non-hydrogen) atoms. The number of nitrogens with zero attached hydrogens (tertiary/aromatic N) is 2. The number of anilines is 1. The number of methoxy groups -OCH3 is 2. The molecule has 1 saturated heterocycles. The van der Waals surface area contributed by atoms with E-state index in [9.17, 15) is 14.4 Å². The maximum atomic E-state index is 13.1. The summed E-state index contributed by atoms with van der Waals surface area (Å²) in [6.07, 6.45) is -0.689. The van der Waals surface area contributed by atoms with E-state index < -0.39 is 24.1 Å². The van der Waals surface area contributed by atoms with E-state index >= 15 is 0 Å². The molecule has 2 rings (SSSR count). The topological polar surface area (TPSA) is 88.2 Å². The Labute approximate surface area is 153 Å². The molecule has 8 heteroatoms. The van der Waals surface area contributed by atoms with E-state index in [1.54, 1.807) is 0 Å². The van der Waals surface area contributed by atoms with Gasteiger partial charge in [-0.05, 0) is 18.1 Å². The summed E-state index contributed by atoms with van der Waals surface area (Å²) in [5.41, 5.74) is 0.902. The summed E-state index contributed by atoms with van der Waals surface area (Å²) < 4.78 is 9.48. The minimum absolute atomic E-state index is 0.175. The van der Waals surface area contributed by atoms with Crippen LogP contribution in [0.2, 0.25) is 0 Å². The van der Waals surface area contributed by atoms with Crippen LogP contribution in [0.15, 0.2) is 30.3 Å². The van der Waals surface area contributed by atoms with Crippen molar-refractivity contribution in [2.45, 2.75) is 25.9 Å². The average Bonchev–Trinajstić information content (AvgIpc) is 3.10. The Bertz CT molecular complexity index is 649. The van der Waals surface area contributed by atoms with Crippen LogP contribution in [-0.4, -0.2) is 62.4 Å². The third kappa shape index (κ3) is 4.25. The van der Waals surface area contributed by atoms with E-state index in [4.69, 9.17) is 4.74 Å². The molecule has 1 heterocycles. The molecule has 0 aliphatic carbocycles. The maximum Gasteiger partial charge on any atom is 0.407 e. The number of nitrogens with one attached hydrogen (secondary N) is 1. The van der Waals surface area contributed by atoms with Crippen molar-refractivity contribution in [1.29, 1.82) is 0 Å². The van der Waals surface area contributed by atoms with E-state index in [2.05, 4.69) is 10.1 Å². The minimum atomic E-state index is -0.801. The Morgan fingerprint density at radius 1 is 1.12 bits per heavy atom. The van der Waals surface area contributed by atoms with Crippen LogP contribution >= 0.6 is 0 Å². The molecule has 1 fully saturated rings. The van der Waals surface area contributed by atoms with Crippen LogP contribution in [0.4, 0.5) is 10.5 Å². The van der Waals surface area contributed by atoms with Crippen LogP contribution in [0.3, 0.4) is 0 Å². The quantitative estimate of drug-likeness (QED) is 0.792.